The second-order valence-electron chi connectivity index (χ2n) is 6.77. The molecule has 0 heterocycles. The van der Waals surface area contributed by atoms with Crippen molar-refractivity contribution in [2.24, 2.45) is 5.92 Å². The van der Waals surface area contributed by atoms with Crippen molar-refractivity contribution in [3.8, 4) is 0 Å². The maximum Gasteiger partial charge on any atom is 0.345 e. The lowest BCUT2D eigenvalue weighted by Gasteiger charge is -2.20. The molecule has 2 rings (SSSR count). The van der Waals surface area contributed by atoms with Gasteiger partial charge < -0.3 is 19.7 Å². The van der Waals surface area contributed by atoms with Crippen LogP contribution in [-0.2, 0) is 19.1 Å². The topological polar surface area (TPSA) is 127 Å². The van der Waals surface area contributed by atoms with Gasteiger partial charge in [-0.2, -0.15) is 0 Å². The summed E-state index contributed by atoms with van der Waals surface area (Å²) < 4.78 is 10.0. The Balaban J connectivity index is 2.03. The van der Waals surface area contributed by atoms with Crippen LogP contribution in [0, 0.1) is 19.8 Å². The first kappa shape index (κ1) is 22.6. The van der Waals surface area contributed by atoms with Gasteiger partial charge in [-0.3, -0.25) is 4.79 Å². The largest absolute Gasteiger partial charge is 0.481 e. The predicted octanol–water partition coefficient (Wildman–Crippen LogP) is 2.86. The van der Waals surface area contributed by atoms with Gasteiger partial charge in [0.05, 0.1) is 17.7 Å². The van der Waals surface area contributed by atoms with Crippen LogP contribution in [0.4, 0.5) is 0 Å². The van der Waals surface area contributed by atoms with Gasteiger partial charge >= 0.3 is 23.9 Å². The first-order valence-corrected chi connectivity index (χ1v) is 9.16. The van der Waals surface area contributed by atoms with Crippen LogP contribution >= 0.6 is 0 Å². The van der Waals surface area contributed by atoms with Crippen LogP contribution in [0.3, 0.4) is 0 Å². The molecule has 0 aromatic heterocycles. The monoisotopic (exact) mass is 414 g/mol. The molecule has 2 aromatic carbocycles. The van der Waals surface area contributed by atoms with Gasteiger partial charge in [0.2, 0.25) is 6.10 Å². The molecule has 0 bridgehead atoms. The number of carbonyl (C=O) groups is 4. The second kappa shape index (κ2) is 10.2. The van der Waals surface area contributed by atoms with Crippen LogP contribution in [0.2, 0.25) is 0 Å². The Bertz CT molecular complexity index is 915. The van der Waals surface area contributed by atoms with Crippen LogP contribution in [0.25, 0.3) is 0 Å². The van der Waals surface area contributed by atoms with Gasteiger partial charge in [0.1, 0.15) is 5.92 Å². The van der Waals surface area contributed by atoms with E-state index >= 15 is 0 Å². The van der Waals surface area contributed by atoms with E-state index in [9.17, 15) is 29.4 Å². The van der Waals surface area contributed by atoms with E-state index in [2.05, 4.69) is 0 Å². The molecule has 0 spiro atoms. The smallest absolute Gasteiger partial charge is 0.345 e. The van der Waals surface area contributed by atoms with E-state index in [1.165, 1.54) is 12.1 Å². The highest BCUT2D eigenvalue weighted by Crippen LogP contribution is 2.17. The quantitative estimate of drug-likeness (QED) is 0.600. The molecule has 2 atom stereocenters. The maximum absolute atomic E-state index is 12.2. The lowest BCUT2D eigenvalue weighted by molar-refractivity contribution is -0.160. The summed E-state index contributed by atoms with van der Waals surface area (Å²) >= 11 is 0. The molecule has 0 amide bonds. The van der Waals surface area contributed by atoms with E-state index in [-0.39, 0.29) is 24.2 Å². The summed E-state index contributed by atoms with van der Waals surface area (Å²) in [5.74, 6) is -6.30. The summed E-state index contributed by atoms with van der Waals surface area (Å²) in [6.45, 7) is 3.32. The van der Waals surface area contributed by atoms with Crippen LogP contribution in [0.5, 0.6) is 0 Å². The molecule has 8 nitrogen and oxygen atoms in total. The van der Waals surface area contributed by atoms with E-state index in [1.54, 1.807) is 36.4 Å². The molecule has 0 aliphatic rings. The molecule has 0 saturated heterocycles. The zero-order valence-electron chi connectivity index (χ0n) is 16.5. The van der Waals surface area contributed by atoms with Crippen LogP contribution in [-0.4, -0.2) is 46.8 Å². The Kier molecular flexibility index (Phi) is 7.69. The fourth-order valence-electron chi connectivity index (χ4n) is 2.63. The van der Waals surface area contributed by atoms with Gasteiger partial charge in [0.25, 0.3) is 0 Å². The Morgan fingerprint density at radius 2 is 1.23 bits per heavy atom. The summed E-state index contributed by atoms with van der Waals surface area (Å²) in [6.07, 6.45) is -2.28. The number of carboxylic acids is 2. The normalized spacial score (nSPS) is 12.5. The summed E-state index contributed by atoms with van der Waals surface area (Å²) in [7, 11) is 0. The number of carboxylic acid groups (broad SMARTS) is 2. The fraction of sp³-hybridized carbons (Fsp3) is 0.273. The zero-order chi connectivity index (χ0) is 22.3. The maximum atomic E-state index is 12.2. The highest BCUT2D eigenvalue weighted by molar-refractivity contribution is 5.92. The third-order valence-electron chi connectivity index (χ3n) is 4.40. The average molecular weight is 414 g/mol. The molecule has 0 fully saturated rings. The molecule has 0 aliphatic carbocycles. The third kappa shape index (κ3) is 6.16. The van der Waals surface area contributed by atoms with Gasteiger partial charge in [-0.15, -0.1) is 0 Å². The van der Waals surface area contributed by atoms with Crippen molar-refractivity contribution >= 4 is 23.9 Å². The SMILES string of the molecule is Cc1ccc(C(=O)OCC[C@@H](C(=O)O)[C@@H](OC(=O)c2ccc(C)cc2)C(=O)O)cc1. The fourth-order valence-corrected chi connectivity index (χ4v) is 2.63. The number of rotatable bonds is 9. The number of esters is 2. The lowest BCUT2D eigenvalue weighted by atomic mass is 9.98. The lowest BCUT2D eigenvalue weighted by Crippen LogP contribution is -2.39. The molecular weight excluding hydrogens is 392 g/mol. The van der Waals surface area contributed by atoms with Gasteiger partial charge in [-0.25, -0.2) is 14.4 Å². The zero-order valence-corrected chi connectivity index (χ0v) is 16.5. The van der Waals surface area contributed by atoms with Crippen molar-refractivity contribution in [1.82, 2.24) is 0 Å². The number of aryl methyl sites for hydroxylation is 2. The molecule has 30 heavy (non-hydrogen) atoms. The molecule has 158 valence electrons. The highest BCUT2D eigenvalue weighted by atomic mass is 16.6. The number of hydrogen-bond donors (Lipinski definition) is 2. The Morgan fingerprint density at radius 3 is 1.67 bits per heavy atom. The van der Waals surface area contributed by atoms with E-state index in [0.29, 0.717) is 0 Å². The molecular formula is C22H22O8. The van der Waals surface area contributed by atoms with E-state index in [0.717, 1.165) is 11.1 Å². The second-order valence-corrected chi connectivity index (χ2v) is 6.77. The Morgan fingerprint density at radius 1 is 0.767 bits per heavy atom. The van der Waals surface area contributed by atoms with Gasteiger partial charge in [-0.1, -0.05) is 35.4 Å². The molecule has 0 unspecified atom stereocenters. The van der Waals surface area contributed by atoms with E-state index in [4.69, 9.17) is 9.47 Å². The van der Waals surface area contributed by atoms with Crippen molar-refractivity contribution in [2.75, 3.05) is 6.61 Å². The van der Waals surface area contributed by atoms with Gasteiger partial charge in [-0.05, 0) is 44.5 Å². The van der Waals surface area contributed by atoms with Crippen molar-refractivity contribution in [3.63, 3.8) is 0 Å². The van der Waals surface area contributed by atoms with Gasteiger partial charge in [0.15, 0.2) is 0 Å². The van der Waals surface area contributed by atoms with E-state index < -0.39 is 35.9 Å². The predicted molar refractivity (Wildman–Crippen MR) is 105 cm³/mol. The minimum absolute atomic E-state index is 0.0989. The van der Waals surface area contributed by atoms with Crippen LogP contribution in [0.1, 0.15) is 38.3 Å². The Hall–Kier alpha value is -3.68. The minimum Gasteiger partial charge on any atom is -0.481 e. The molecule has 2 aromatic rings. The molecule has 2 N–H and O–H groups in total. The number of carbonyl (C=O) groups excluding carboxylic acids is 2. The number of benzene rings is 2. The average Bonchev–Trinajstić information content (AvgIpc) is 2.70. The molecule has 0 aliphatic heterocycles. The van der Waals surface area contributed by atoms with Crippen molar-refractivity contribution < 1.29 is 38.9 Å². The minimum atomic E-state index is -1.94. The summed E-state index contributed by atoms with van der Waals surface area (Å²) in [5, 5.41) is 18.8. The number of ether oxygens (including phenoxy) is 2. The molecule has 0 radical (unpaired) electrons. The van der Waals surface area contributed by atoms with Crippen LogP contribution in [0.15, 0.2) is 48.5 Å². The third-order valence-corrected chi connectivity index (χ3v) is 4.40. The molecule has 8 heteroatoms. The van der Waals surface area contributed by atoms with Crippen molar-refractivity contribution in [1.29, 1.82) is 0 Å². The standard InChI is InChI=1S/C22H22O8/c1-13-3-7-15(8-4-13)21(27)29-12-11-17(19(23)24)18(20(25)26)30-22(28)16-9-5-14(2)6-10-16/h3-10,17-18H,11-12H2,1-2H3,(H,23,24)(H,25,26)/t17-,18-/m1/s1. The molecule has 0 saturated carbocycles. The van der Waals surface area contributed by atoms with E-state index in [1.807, 2.05) is 13.8 Å². The summed E-state index contributed by atoms with van der Waals surface area (Å²) in [4.78, 5) is 47.4. The van der Waals surface area contributed by atoms with Crippen LogP contribution < -0.4 is 0 Å². The Labute approximate surface area is 173 Å². The van der Waals surface area contributed by atoms with Crippen molar-refractivity contribution in [2.45, 2.75) is 26.4 Å². The number of aliphatic carboxylic acids is 2. The van der Waals surface area contributed by atoms with Gasteiger partial charge in [0, 0.05) is 0 Å². The summed E-state index contributed by atoms with van der Waals surface area (Å²) in [6, 6.07) is 12.8. The number of hydrogen-bond acceptors (Lipinski definition) is 6. The summed E-state index contributed by atoms with van der Waals surface area (Å²) in [5.41, 5.74) is 2.23. The van der Waals surface area contributed by atoms with Crippen molar-refractivity contribution in [3.05, 3.63) is 70.8 Å². The first-order valence-electron chi connectivity index (χ1n) is 9.16. The first-order chi connectivity index (χ1) is 14.2. The highest BCUT2D eigenvalue weighted by Gasteiger charge is 2.37.